The number of hydrogen-bond acceptors (Lipinski definition) is 3. The van der Waals surface area contributed by atoms with Crippen LogP contribution >= 0.6 is 0 Å². The number of pyridine rings is 1. The molecule has 5 heteroatoms. The van der Waals surface area contributed by atoms with Crippen molar-refractivity contribution in [1.82, 2.24) is 18.9 Å². The molecule has 0 bridgehead atoms. The zero-order chi connectivity index (χ0) is 17.4. The number of carbonyl (C=O) groups is 1. The van der Waals surface area contributed by atoms with Crippen LogP contribution in [0.3, 0.4) is 0 Å². The van der Waals surface area contributed by atoms with E-state index in [0.717, 1.165) is 28.2 Å². The van der Waals surface area contributed by atoms with Crippen molar-refractivity contribution in [2.75, 3.05) is 0 Å². The predicted molar refractivity (Wildman–Crippen MR) is 96.7 cm³/mol. The van der Waals surface area contributed by atoms with Crippen LogP contribution in [-0.2, 0) is 6.42 Å². The Labute approximate surface area is 145 Å². The molecule has 0 saturated carbocycles. The normalized spacial score (nSPS) is 11.1. The maximum Gasteiger partial charge on any atom is 0.237 e. The van der Waals surface area contributed by atoms with Gasteiger partial charge in [0.2, 0.25) is 5.91 Å². The Morgan fingerprint density at radius 3 is 2.52 bits per heavy atom. The first-order valence-electron chi connectivity index (χ1n) is 8.17. The van der Waals surface area contributed by atoms with Gasteiger partial charge in [0.25, 0.3) is 0 Å². The summed E-state index contributed by atoms with van der Waals surface area (Å²) in [5, 5.41) is 0. The Bertz CT molecular complexity index is 1040. The molecule has 0 fully saturated rings. The molecular formula is C20H18N4O. The van der Waals surface area contributed by atoms with E-state index in [0.29, 0.717) is 0 Å². The van der Waals surface area contributed by atoms with Gasteiger partial charge >= 0.3 is 0 Å². The molecule has 124 valence electrons. The fourth-order valence-electron chi connectivity index (χ4n) is 2.95. The third-order valence-electron chi connectivity index (χ3n) is 4.30. The zero-order valence-corrected chi connectivity index (χ0v) is 14.2. The molecule has 25 heavy (non-hydrogen) atoms. The van der Waals surface area contributed by atoms with E-state index in [4.69, 9.17) is 4.98 Å². The van der Waals surface area contributed by atoms with Crippen molar-refractivity contribution in [3.63, 3.8) is 0 Å². The van der Waals surface area contributed by atoms with Crippen LogP contribution in [0.2, 0.25) is 0 Å². The smallest absolute Gasteiger partial charge is 0.237 e. The molecule has 0 aliphatic rings. The average Bonchev–Trinajstić information content (AvgIpc) is 3.24. The summed E-state index contributed by atoms with van der Waals surface area (Å²) in [7, 11) is 0. The van der Waals surface area contributed by atoms with E-state index in [2.05, 4.69) is 36.2 Å². The minimum atomic E-state index is -0.0332. The third kappa shape index (κ3) is 2.85. The van der Waals surface area contributed by atoms with Crippen LogP contribution in [-0.4, -0.2) is 24.8 Å². The monoisotopic (exact) mass is 330 g/mol. The topological polar surface area (TPSA) is 52.2 Å². The van der Waals surface area contributed by atoms with E-state index >= 15 is 0 Å². The first-order valence-corrected chi connectivity index (χ1v) is 8.17. The second kappa shape index (κ2) is 6.02. The zero-order valence-electron chi connectivity index (χ0n) is 14.2. The SMILES string of the molecule is Cc1ccc(-c2nc3ccc(C)cn3c2CC(=O)n2ccnc2)cc1. The van der Waals surface area contributed by atoms with Crippen LogP contribution in [0.15, 0.2) is 61.3 Å². The maximum absolute atomic E-state index is 12.6. The Hall–Kier alpha value is -3.21. The van der Waals surface area contributed by atoms with Gasteiger partial charge in [0, 0.05) is 24.2 Å². The molecule has 0 unspecified atom stereocenters. The molecule has 5 nitrogen and oxygen atoms in total. The van der Waals surface area contributed by atoms with Crippen molar-refractivity contribution in [3.8, 4) is 11.3 Å². The molecule has 0 spiro atoms. The molecule has 3 aromatic heterocycles. The fraction of sp³-hybridized carbons (Fsp3) is 0.150. The number of aromatic nitrogens is 4. The minimum Gasteiger partial charge on any atom is -0.303 e. The molecule has 1 aromatic carbocycles. The van der Waals surface area contributed by atoms with Gasteiger partial charge in [-0.05, 0) is 25.5 Å². The van der Waals surface area contributed by atoms with Crippen molar-refractivity contribution in [2.24, 2.45) is 0 Å². The van der Waals surface area contributed by atoms with E-state index in [1.807, 2.05) is 29.7 Å². The second-order valence-corrected chi connectivity index (χ2v) is 6.25. The van der Waals surface area contributed by atoms with Gasteiger partial charge in [-0.1, -0.05) is 35.9 Å². The maximum atomic E-state index is 12.6. The molecule has 4 rings (SSSR count). The summed E-state index contributed by atoms with van der Waals surface area (Å²) >= 11 is 0. The van der Waals surface area contributed by atoms with E-state index in [9.17, 15) is 4.79 Å². The molecule has 0 N–H and O–H groups in total. The quantitative estimate of drug-likeness (QED) is 0.575. The average molecular weight is 330 g/mol. The van der Waals surface area contributed by atoms with Crippen molar-refractivity contribution in [3.05, 3.63) is 78.1 Å². The van der Waals surface area contributed by atoms with Crippen molar-refractivity contribution < 1.29 is 4.79 Å². The van der Waals surface area contributed by atoms with Crippen LogP contribution in [0, 0.1) is 13.8 Å². The number of imidazole rings is 2. The van der Waals surface area contributed by atoms with E-state index in [1.54, 1.807) is 12.4 Å². The molecule has 0 amide bonds. The molecule has 0 saturated heterocycles. The number of nitrogens with zero attached hydrogens (tertiary/aromatic N) is 4. The van der Waals surface area contributed by atoms with Gasteiger partial charge in [-0.2, -0.15) is 0 Å². The highest BCUT2D eigenvalue weighted by Gasteiger charge is 2.18. The number of fused-ring (bicyclic) bond motifs is 1. The van der Waals surface area contributed by atoms with Crippen LogP contribution in [0.5, 0.6) is 0 Å². The Kier molecular flexibility index (Phi) is 3.69. The molecule has 0 radical (unpaired) electrons. The summed E-state index contributed by atoms with van der Waals surface area (Å²) in [6, 6.07) is 12.2. The number of aryl methyl sites for hydroxylation is 2. The number of benzene rings is 1. The Morgan fingerprint density at radius 2 is 1.80 bits per heavy atom. The van der Waals surface area contributed by atoms with Gasteiger partial charge < -0.3 is 4.40 Å². The lowest BCUT2D eigenvalue weighted by Crippen LogP contribution is -2.13. The van der Waals surface area contributed by atoms with Gasteiger partial charge in [-0.15, -0.1) is 0 Å². The predicted octanol–water partition coefficient (Wildman–Crippen LogP) is 3.70. The molecule has 0 aliphatic carbocycles. The largest absolute Gasteiger partial charge is 0.303 e. The summed E-state index contributed by atoms with van der Waals surface area (Å²) in [4.78, 5) is 21.4. The first-order chi connectivity index (χ1) is 12.1. The lowest BCUT2D eigenvalue weighted by atomic mass is 10.1. The fourth-order valence-corrected chi connectivity index (χ4v) is 2.95. The van der Waals surface area contributed by atoms with Crippen LogP contribution in [0.1, 0.15) is 21.6 Å². The number of carbonyl (C=O) groups excluding carboxylic acids is 1. The Morgan fingerprint density at radius 1 is 1.04 bits per heavy atom. The standard InChI is InChI=1S/C20H18N4O/c1-14-3-6-16(7-4-14)20-17(11-19(25)23-10-9-21-13-23)24-12-15(2)5-8-18(24)22-20/h3-10,12-13H,11H2,1-2H3. The second-order valence-electron chi connectivity index (χ2n) is 6.25. The van der Waals surface area contributed by atoms with Crippen LogP contribution in [0.4, 0.5) is 0 Å². The van der Waals surface area contributed by atoms with Gasteiger partial charge in [-0.25, -0.2) is 9.97 Å². The lowest BCUT2D eigenvalue weighted by Gasteiger charge is -2.06. The summed E-state index contributed by atoms with van der Waals surface area (Å²) in [5.74, 6) is -0.0332. The minimum absolute atomic E-state index is 0.0332. The highest BCUT2D eigenvalue weighted by molar-refractivity contribution is 5.83. The van der Waals surface area contributed by atoms with Crippen LogP contribution < -0.4 is 0 Å². The van der Waals surface area contributed by atoms with Gasteiger partial charge in [0.1, 0.15) is 12.0 Å². The van der Waals surface area contributed by atoms with Gasteiger partial charge in [0.05, 0.1) is 17.8 Å². The van der Waals surface area contributed by atoms with Crippen LogP contribution in [0.25, 0.3) is 16.9 Å². The third-order valence-corrected chi connectivity index (χ3v) is 4.30. The number of hydrogen-bond donors (Lipinski definition) is 0. The summed E-state index contributed by atoms with van der Waals surface area (Å²) in [6.07, 6.45) is 7.09. The molecule has 0 atom stereocenters. The summed E-state index contributed by atoms with van der Waals surface area (Å²) in [6.45, 7) is 4.09. The number of rotatable bonds is 3. The molecule has 3 heterocycles. The Balaban J connectivity index is 1.86. The molecule has 0 aliphatic heterocycles. The summed E-state index contributed by atoms with van der Waals surface area (Å²) < 4.78 is 3.52. The highest BCUT2D eigenvalue weighted by Crippen LogP contribution is 2.26. The van der Waals surface area contributed by atoms with Crippen molar-refractivity contribution in [2.45, 2.75) is 20.3 Å². The van der Waals surface area contributed by atoms with E-state index in [-0.39, 0.29) is 12.3 Å². The lowest BCUT2D eigenvalue weighted by molar-refractivity contribution is 0.0912. The highest BCUT2D eigenvalue weighted by atomic mass is 16.2. The van der Waals surface area contributed by atoms with Gasteiger partial charge in [-0.3, -0.25) is 9.36 Å². The first kappa shape index (κ1) is 15.3. The molecular weight excluding hydrogens is 312 g/mol. The molecule has 4 aromatic rings. The summed E-state index contributed by atoms with van der Waals surface area (Å²) in [5.41, 5.74) is 5.91. The van der Waals surface area contributed by atoms with Gasteiger partial charge in [0.15, 0.2) is 0 Å². The van der Waals surface area contributed by atoms with E-state index in [1.165, 1.54) is 16.5 Å². The van der Waals surface area contributed by atoms with Crippen molar-refractivity contribution in [1.29, 1.82) is 0 Å². The van der Waals surface area contributed by atoms with E-state index < -0.39 is 0 Å². The van der Waals surface area contributed by atoms with Crippen molar-refractivity contribution >= 4 is 11.6 Å².